The molecule has 0 unspecified atom stereocenters. The quantitative estimate of drug-likeness (QED) is 0.235. The Bertz CT molecular complexity index is 935. The molecule has 2 rings (SSSR count). The van der Waals surface area contributed by atoms with Crippen molar-refractivity contribution in [1.82, 2.24) is 0 Å². The van der Waals surface area contributed by atoms with Gasteiger partial charge in [-0.05, 0) is 40.4 Å². The van der Waals surface area contributed by atoms with Crippen LogP contribution >= 0.6 is 0 Å². The summed E-state index contributed by atoms with van der Waals surface area (Å²) in [5.74, 6) is -0.375. The maximum absolute atomic E-state index is 11.2. The van der Waals surface area contributed by atoms with Gasteiger partial charge in [-0.25, -0.2) is 4.79 Å². The van der Waals surface area contributed by atoms with Crippen LogP contribution in [0.2, 0.25) is 16.6 Å². The van der Waals surface area contributed by atoms with Gasteiger partial charge in [0.1, 0.15) is 5.75 Å². The van der Waals surface area contributed by atoms with Gasteiger partial charge in [-0.15, -0.1) is 0 Å². The zero-order chi connectivity index (χ0) is 24.1. The Morgan fingerprint density at radius 1 is 1.03 bits per heavy atom. The summed E-state index contributed by atoms with van der Waals surface area (Å²) in [6, 6.07) is 11.4. The van der Waals surface area contributed by atoms with E-state index in [2.05, 4.69) is 41.5 Å². The maximum Gasteiger partial charge on any atom is 0.335 e. The molecule has 0 fully saturated rings. The van der Waals surface area contributed by atoms with Crippen LogP contribution in [-0.4, -0.2) is 30.9 Å². The van der Waals surface area contributed by atoms with Crippen molar-refractivity contribution in [1.29, 1.82) is 0 Å². The molecule has 2 aromatic carbocycles. The monoisotopic (exact) mass is 459 g/mol. The number of benzene rings is 2. The summed E-state index contributed by atoms with van der Waals surface area (Å²) < 4.78 is 12.3. The van der Waals surface area contributed by atoms with Crippen molar-refractivity contribution in [3.05, 3.63) is 63.7 Å². The van der Waals surface area contributed by atoms with Crippen LogP contribution in [0.15, 0.2) is 42.5 Å². The molecule has 0 amide bonds. The molecule has 0 radical (unpaired) electrons. The molecule has 0 atom stereocenters. The minimum absolute atomic E-state index is 0.0480. The largest absolute Gasteiger partial charge is 0.543 e. The number of nitrogens with zero attached hydrogens (tertiary/aromatic N) is 1. The van der Waals surface area contributed by atoms with Crippen LogP contribution in [-0.2, 0) is 6.42 Å². The lowest BCUT2D eigenvalue weighted by Gasteiger charge is -2.42. The topological polar surface area (TPSA) is 98.9 Å². The number of hydrogen-bond acceptors (Lipinski definition) is 5. The SMILES string of the molecule is CC(C)[Si](Oc1cccc(CCOc2cc(C(=O)O)ccc2[N+](=O)[O-])c1)(C(C)C)C(C)C. The van der Waals surface area contributed by atoms with Gasteiger partial charge >= 0.3 is 11.7 Å². The van der Waals surface area contributed by atoms with Crippen molar-refractivity contribution in [2.45, 2.75) is 64.6 Å². The number of nitro groups is 1. The van der Waals surface area contributed by atoms with E-state index in [1.165, 1.54) is 12.1 Å². The smallest absolute Gasteiger partial charge is 0.335 e. The Hall–Kier alpha value is -2.87. The van der Waals surface area contributed by atoms with E-state index in [-0.39, 0.29) is 23.6 Å². The van der Waals surface area contributed by atoms with E-state index in [1.54, 1.807) is 0 Å². The second-order valence-corrected chi connectivity index (χ2v) is 14.3. The summed E-state index contributed by atoms with van der Waals surface area (Å²) >= 11 is 0. The van der Waals surface area contributed by atoms with Gasteiger partial charge < -0.3 is 14.3 Å². The second kappa shape index (κ2) is 10.6. The molecule has 0 spiro atoms. The molecule has 2 aromatic rings. The number of carboxylic acids is 1. The molecule has 0 aliphatic heterocycles. The van der Waals surface area contributed by atoms with E-state index in [0.717, 1.165) is 17.4 Å². The Morgan fingerprint density at radius 3 is 2.19 bits per heavy atom. The third kappa shape index (κ3) is 5.67. The van der Waals surface area contributed by atoms with Gasteiger partial charge in [-0.1, -0.05) is 53.7 Å². The third-order valence-corrected chi connectivity index (χ3v) is 12.0. The molecular weight excluding hydrogens is 426 g/mol. The van der Waals surface area contributed by atoms with Gasteiger partial charge in [-0.3, -0.25) is 10.1 Å². The van der Waals surface area contributed by atoms with Gasteiger partial charge in [-0.2, -0.15) is 0 Å². The molecule has 8 heteroatoms. The molecular formula is C24H33NO6Si. The molecule has 1 N–H and O–H groups in total. The highest BCUT2D eigenvalue weighted by Gasteiger charge is 2.46. The molecule has 174 valence electrons. The molecule has 0 saturated carbocycles. The second-order valence-electron chi connectivity index (χ2n) is 8.91. The summed E-state index contributed by atoms with van der Waals surface area (Å²) in [6.07, 6.45) is 0.505. The van der Waals surface area contributed by atoms with Crippen LogP contribution in [0.5, 0.6) is 11.5 Å². The first kappa shape index (κ1) is 25.4. The van der Waals surface area contributed by atoms with E-state index in [9.17, 15) is 14.9 Å². The van der Waals surface area contributed by atoms with Crippen molar-refractivity contribution < 1.29 is 24.0 Å². The minimum atomic E-state index is -2.07. The van der Waals surface area contributed by atoms with E-state index in [0.29, 0.717) is 23.0 Å². The number of nitro benzene ring substituents is 1. The number of aromatic carboxylic acids is 1. The molecule has 0 aliphatic rings. The fourth-order valence-corrected chi connectivity index (χ4v) is 9.76. The predicted molar refractivity (Wildman–Crippen MR) is 127 cm³/mol. The Balaban J connectivity index is 2.17. The fraction of sp³-hybridized carbons (Fsp3) is 0.458. The summed E-state index contributed by atoms with van der Waals surface area (Å²) in [7, 11) is -2.07. The van der Waals surface area contributed by atoms with Crippen LogP contribution in [0, 0.1) is 10.1 Å². The van der Waals surface area contributed by atoms with Crippen molar-refractivity contribution in [3.63, 3.8) is 0 Å². The predicted octanol–water partition coefficient (Wildman–Crippen LogP) is 6.47. The van der Waals surface area contributed by atoms with Gasteiger partial charge in [0.05, 0.1) is 17.1 Å². The van der Waals surface area contributed by atoms with Gasteiger partial charge in [0.2, 0.25) is 0 Å². The molecule has 0 aromatic heterocycles. The van der Waals surface area contributed by atoms with E-state index >= 15 is 0 Å². The summed E-state index contributed by atoms with van der Waals surface area (Å²) in [6.45, 7) is 13.6. The van der Waals surface area contributed by atoms with Crippen LogP contribution in [0.25, 0.3) is 0 Å². The normalized spacial score (nSPS) is 11.8. The molecule has 0 heterocycles. The Labute approximate surface area is 190 Å². The highest BCUT2D eigenvalue weighted by atomic mass is 28.4. The third-order valence-electron chi connectivity index (χ3n) is 5.95. The van der Waals surface area contributed by atoms with Crippen molar-refractivity contribution in [3.8, 4) is 11.5 Å². The van der Waals surface area contributed by atoms with Crippen LogP contribution < -0.4 is 9.16 Å². The van der Waals surface area contributed by atoms with Gasteiger partial charge in [0, 0.05) is 18.6 Å². The number of carbonyl (C=O) groups is 1. The lowest BCUT2D eigenvalue weighted by atomic mass is 10.1. The molecule has 0 bridgehead atoms. The number of ether oxygens (including phenoxy) is 1. The first-order valence-corrected chi connectivity index (χ1v) is 13.1. The summed E-state index contributed by atoms with van der Waals surface area (Å²) in [4.78, 5) is 21.9. The maximum atomic E-state index is 11.2. The lowest BCUT2D eigenvalue weighted by molar-refractivity contribution is -0.385. The zero-order valence-electron chi connectivity index (χ0n) is 19.6. The van der Waals surface area contributed by atoms with E-state index in [4.69, 9.17) is 14.3 Å². The average Bonchev–Trinajstić information content (AvgIpc) is 2.71. The molecule has 32 heavy (non-hydrogen) atoms. The molecule has 0 aliphatic carbocycles. The van der Waals surface area contributed by atoms with Crippen LogP contribution in [0.1, 0.15) is 57.5 Å². The van der Waals surface area contributed by atoms with Crippen molar-refractivity contribution >= 4 is 20.0 Å². The van der Waals surface area contributed by atoms with Gasteiger partial charge in [0.15, 0.2) is 5.75 Å². The average molecular weight is 460 g/mol. The van der Waals surface area contributed by atoms with E-state index < -0.39 is 19.2 Å². The highest BCUT2D eigenvalue weighted by molar-refractivity contribution is 6.78. The number of rotatable bonds is 11. The Kier molecular flexibility index (Phi) is 8.43. The lowest BCUT2D eigenvalue weighted by Crippen LogP contribution is -2.50. The molecule has 0 saturated heterocycles. The standard InChI is InChI=1S/C24H33NO6Si/c1-16(2)32(17(3)4,18(5)6)31-21-9-7-8-19(14-21)12-13-30-23-15-20(24(26)27)10-11-22(23)25(28)29/h7-11,14-18H,12-13H2,1-6H3,(H,26,27). The first-order chi connectivity index (χ1) is 15.0. The fourth-order valence-electron chi connectivity index (χ4n) is 4.51. The Morgan fingerprint density at radius 2 is 1.66 bits per heavy atom. The molecule has 7 nitrogen and oxygen atoms in total. The number of carboxylic acid groups (broad SMARTS) is 1. The highest BCUT2D eigenvalue weighted by Crippen LogP contribution is 2.42. The number of hydrogen-bond donors (Lipinski definition) is 1. The van der Waals surface area contributed by atoms with Crippen molar-refractivity contribution in [2.24, 2.45) is 0 Å². The van der Waals surface area contributed by atoms with Gasteiger partial charge in [0.25, 0.3) is 8.32 Å². The minimum Gasteiger partial charge on any atom is -0.543 e. The summed E-state index contributed by atoms with van der Waals surface area (Å²) in [5, 5.41) is 20.4. The zero-order valence-corrected chi connectivity index (χ0v) is 20.6. The van der Waals surface area contributed by atoms with Crippen LogP contribution in [0.3, 0.4) is 0 Å². The summed E-state index contributed by atoms with van der Waals surface area (Å²) in [5.41, 5.74) is 2.04. The first-order valence-electron chi connectivity index (χ1n) is 10.9. The van der Waals surface area contributed by atoms with Crippen LogP contribution in [0.4, 0.5) is 5.69 Å². The van der Waals surface area contributed by atoms with Crippen molar-refractivity contribution in [2.75, 3.05) is 6.61 Å². The van der Waals surface area contributed by atoms with E-state index in [1.807, 2.05) is 24.3 Å².